The maximum atomic E-state index is 12.8. The van der Waals surface area contributed by atoms with Gasteiger partial charge >= 0.3 is 0 Å². The molecule has 1 saturated heterocycles. The highest BCUT2D eigenvalue weighted by Crippen LogP contribution is 2.21. The summed E-state index contributed by atoms with van der Waals surface area (Å²) in [5, 5.41) is 0. The molecule has 0 aliphatic carbocycles. The molecule has 2 aromatic carbocycles. The third-order valence-electron chi connectivity index (χ3n) is 4.67. The fourth-order valence-corrected chi connectivity index (χ4v) is 3.43. The van der Waals surface area contributed by atoms with Gasteiger partial charge < -0.3 is 14.5 Å². The molecule has 5 nitrogen and oxygen atoms in total. The number of carbonyl (C=O) groups is 2. The van der Waals surface area contributed by atoms with E-state index in [4.69, 9.17) is 4.74 Å². The third kappa shape index (κ3) is 4.50. The Kier molecular flexibility index (Phi) is 6.16. The molecule has 1 heterocycles. The molecule has 3 rings (SSSR count). The highest BCUT2D eigenvalue weighted by Gasteiger charge is 2.25. The van der Waals surface area contributed by atoms with Gasteiger partial charge in [-0.25, -0.2) is 0 Å². The molecule has 0 aromatic heterocycles. The summed E-state index contributed by atoms with van der Waals surface area (Å²) in [7, 11) is 0. The van der Waals surface area contributed by atoms with Crippen LogP contribution in [0, 0.1) is 6.92 Å². The summed E-state index contributed by atoms with van der Waals surface area (Å²) < 4.78 is 6.48. The third-order valence-corrected chi connectivity index (χ3v) is 5.20. The standard InChI is InChI=1S/C21H23BrN2O3/c1-3-27-19-9-6-17(14-15(19)2)21(26)24-12-10-23(11-13-24)20(25)16-4-7-18(22)8-5-16/h4-9,14H,3,10-13H2,1-2H3. The Morgan fingerprint density at radius 1 is 0.926 bits per heavy atom. The zero-order valence-corrected chi connectivity index (χ0v) is 17.2. The number of aryl methyl sites for hydroxylation is 1. The molecule has 0 saturated carbocycles. The van der Waals surface area contributed by atoms with E-state index in [2.05, 4.69) is 15.9 Å². The lowest BCUT2D eigenvalue weighted by molar-refractivity contribution is 0.0535. The molecule has 0 spiro atoms. The zero-order valence-electron chi connectivity index (χ0n) is 15.6. The first-order chi connectivity index (χ1) is 13.0. The average Bonchev–Trinajstić information content (AvgIpc) is 2.69. The summed E-state index contributed by atoms with van der Waals surface area (Å²) in [6, 6.07) is 12.9. The van der Waals surface area contributed by atoms with Crippen molar-refractivity contribution in [1.82, 2.24) is 9.80 Å². The van der Waals surface area contributed by atoms with Crippen molar-refractivity contribution in [2.24, 2.45) is 0 Å². The van der Waals surface area contributed by atoms with Crippen LogP contribution in [0.25, 0.3) is 0 Å². The molecule has 142 valence electrons. The predicted molar refractivity (Wildman–Crippen MR) is 108 cm³/mol. The van der Waals surface area contributed by atoms with E-state index in [1.807, 2.05) is 50.2 Å². The number of hydrogen-bond donors (Lipinski definition) is 0. The van der Waals surface area contributed by atoms with Crippen molar-refractivity contribution >= 4 is 27.7 Å². The Labute approximate surface area is 168 Å². The van der Waals surface area contributed by atoms with Gasteiger partial charge in [-0.05, 0) is 61.9 Å². The molecule has 2 amide bonds. The second-order valence-electron chi connectivity index (χ2n) is 6.50. The molecule has 0 atom stereocenters. The van der Waals surface area contributed by atoms with E-state index in [0.717, 1.165) is 15.8 Å². The Morgan fingerprint density at radius 2 is 1.44 bits per heavy atom. The van der Waals surface area contributed by atoms with E-state index in [9.17, 15) is 9.59 Å². The smallest absolute Gasteiger partial charge is 0.253 e. The van der Waals surface area contributed by atoms with Crippen molar-refractivity contribution < 1.29 is 14.3 Å². The first kappa shape index (κ1) is 19.4. The van der Waals surface area contributed by atoms with E-state index < -0.39 is 0 Å². The van der Waals surface area contributed by atoms with Crippen molar-refractivity contribution in [1.29, 1.82) is 0 Å². The Bertz CT molecular complexity index is 828. The topological polar surface area (TPSA) is 49.9 Å². The van der Waals surface area contributed by atoms with Crippen molar-refractivity contribution in [3.63, 3.8) is 0 Å². The molecule has 0 unspecified atom stereocenters. The summed E-state index contributed by atoms with van der Waals surface area (Å²) in [5.41, 5.74) is 2.27. The molecule has 0 radical (unpaired) electrons. The minimum Gasteiger partial charge on any atom is -0.494 e. The van der Waals surface area contributed by atoms with Gasteiger partial charge in [0.2, 0.25) is 0 Å². The van der Waals surface area contributed by atoms with Gasteiger partial charge in [-0.2, -0.15) is 0 Å². The Hall–Kier alpha value is -2.34. The van der Waals surface area contributed by atoms with Gasteiger partial charge in [0.1, 0.15) is 5.75 Å². The van der Waals surface area contributed by atoms with Gasteiger partial charge in [-0.3, -0.25) is 9.59 Å². The highest BCUT2D eigenvalue weighted by atomic mass is 79.9. The number of nitrogens with zero attached hydrogens (tertiary/aromatic N) is 2. The van der Waals surface area contributed by atoms with Crippen LogP contribution in [0.1, 0.15) is 33.2 Å². The van der Waals surface area contributed by atoms with E-state index >= 15 is 0 Å². The molecular formula is C21H23BrN2O3. The van der Waals surface area contributed by atoms with Crippen molar-refractivity contribution in [2.45, 2.75) is 13.8 Å². The van der Waals surface area contributed by atoms with Crippen LogP contribution in [-0.2, 0) is 0 Å². The molecule has 2 aromatic rings. The second kappa shape index (κ2) is 8.57. The number of carbonyl (C=O) groups excluding carboxylic acids is 2. The first-order valence-corrected chi connectivity index (χ1v) is 9.86. The molecular weight excluding hydrogens is 408 g/mol. The summed E-state index contributed by atoms with van der Waals surface area (Å²) >= 11 is 3.38. The summed E-state index contributed by atoms with van der Waals surface area (Å²) in [6.07, 6.45) is 0. The maximum Gasteiger partial charge on any atom is 0.253 e. The van der Waals surface area contributed by atoms with E-state index in [0.29, 0.717) is 43.9 Å². The van der Waals surface area contributed by atoms with Crippen LogP contribution in [-0.4, -0.2) is 54.4 Å². The number of benzene rings is 2. The number of piperazine rings is 1. The Balaban J connectivity index is 1.61. The van der Waals surface area contributed by atoms with E-state index in [1.165, 1.54) is 0 Å². The maximum absolute atomic E-state index is 12.8. The van der Waals surface area contributed by atoms with E-state index in [1.54, 1.807) is 15.9 Å². The Morgan fingerprint density at radius 3 is 1.96 bits per heavy atom. The molecule has 1 aliphatic heterocycles. The molecule has 0 N–H and O–H groups in total. The molecule has 6 heteroatoms. The summed E-state index contributed by atoms with van der Waals surface area (Å²) in [4.78, 5) is 29.0. The highest BCUT2D eigenvalue weighted by molar-refractivity contribution is 9.10. The average molecular weight is 431 g/mol. The second-order valence-corrected chi connectivity index (χ2v) is 7.42. The fraction of sp³-hybridized carbons (Fsp3) is 0.333. The number of rotatable bonds is 4. The van der Waals surface area contributed by atoms with Crippen LogP contribution < -0.4 is 4.74 Å². The number of hydrogen-bond acceptors (Lipinski definition) is 3. The lowest BCUT2D eigenvalue weighted by Gasteiger charge is -2.35. The van der Waals surface area contributed by atoms with Crippen LogP contribution in [0.2, 0.25) is 0 Å². The van der Waals surface area contributed by atoms with Gasteiger partial charge in [-0.1, -0.05) is 15.9 Å². The number of amides is 2. The van der Waals surface area contributed by atoms with Crippen LogP contribution in [0.5, 0.6) is 5.75 Å². The van der Waals surface area contributed by atoms with Gasteiger partial charge in [0.25, 0.3) is 11.8 Å². The molecule has 0 bridgehead atoms. The summed E-state index contributed by atoms with van der Waals surface area (Å²) in [5.74, 6) is 0.808. The van der Waals surface area contributed by atoms with Crippen LogP contribution in [0.15, 0.2) is 46.9 Å². The molecule has 27 heavy (non-hydrogen) atoms. The molecule has 1 aliphatic rings. The number of ether oxygens (including phenoxy) is 1. The summed E-state index contributed by atoms with van der Waals surface area (Å²) in [6.45, 7) is 6.63. The lowest BCUT2D eigenvalue weighted by atomic mass is 10.1. The van der Waals surface area contributed by atoms with Crippen LogP contribution in [0.3, 0.4) is 0 Å². The van der Waals surface area contributed by atoms with Gasteiger partial charge in [-0.15, -0.1) is 0 Å². The fourth-order valence-electron chi connectivity index (χ4n) is 3.17. The monoisotopic (exact) mass is 430 g/mol. The predicted octanol–water partition coefficient (Wildman–Crippen LogP) is 3.75. The first-order valence-electron chi connectivity index (χ1n) is 9.07. The zero-order chi connectivity index (χ0) is 19.4. The van der Waals surface area contributed by atoms with Crippen LogP contribution >= 0.6 is 15.9 Å². The van der Waals surface area contributed by atoms with Crippen molar-refractivity contribution in [2.75, 3.05) is 32.8 Å². The number of halogens is 1. The van der Waals surface area contributed by atoms with Gasteiger partial charge in [0.05, 0.1) is 6.61 Å². The normalized spacial score (nSPS) is 14.2. The van der Waals surface area contributed by atoms with Gasteiger partial charge in [0, 0.05) is 41.8 Å². The molecule has 1 fully saturated rings. The van der Waals surface area contributed by atoms with E-state index in [-0.39, 0.29) is 11.8 Å². The van der Waals surface area contributed by atoms with Crippen molar-refractivity contribution in [3.05, 3.63) is 63.6 Å². The minimum absolute atomic E-state index is 0.00288. The largest absolute Gasteiger partial charge is 0.494 e. The lowest BCUT2D eigenvalue weighted by Crippen LogP contribution is -2.50. The van der Waals surface area contributed by atoms with Gasteiger partial charge in [0.15, 0.2) is 0 Å². The minimum atomic E-state index is -0.00288. The quantitative estimate of drug-likeness (QED) is 0.741. The van der Waals surface area contributed by atoms with Crippen molar-refractivity contribution in [3.8, 4) is 5.75 Å². The van der Waals surface area contributed by atoms with Crippen LogP contribution in [0.4, 0.5) is 0 Å². The SMILES string of the molecule is CCOc1ccc(C(=O)N2CCN(C(=O)c3ccc(Br)cc3)CC2)cc1C.